The molecular weight excluding hydrogens is 475 g/mol. The molecule has 1 aromatic heterocycles. The van der Waals surface area contributed by atoms with Crippen LogP contribution in [-0.4, -0.2) is 27.5 Å². The Morgan fingerprint density at radius 3 is 2.65 bits per heavy atom. The molecule has 3 aromatic rings. The minimum atomic E-state index is -1.05. The number of aryl methyl sites for hydroxylation is 1. The van der Waals surface area contributed by atoms with Crippen LogP contribution < -0.4 is 4.74 Å². The highest BCUT2D eigenvalue weighted by Crippen LogP contribution is 2.33. The fraction of sp³-hybridized carbons (Fsp3) is 0.318. The lowest BCUT2D eigenvalue weighted by Gasteiger charge is -2.25. The Morgan fingerprint density at radius 2 is 1.97 bits per heavy atom. The van der Waals surface area contributed by atoms with Gasteiger partial charge in [-0.1, -0.05) is 23.2 Å². The maximum absolute atomic E-state index is 12.1. The van der Waals surface area contributed by atoms with Crippen LogP contribution >= 0.6 is 46.5 Å². The first-order chi connectivity index (χ1) is 14.7. The third-order valence-electron chi connectivity index (χ3n) is 4.28. The number of hydrogen-bond donors (Lipinski definition) is 0. The Morgan fingerprint density at radius 1 is 1.19 bits per heavy atom. The molecule has 2 aromatic carbocycles. The number of benzene rings is 2. The van der Waals surface area contributed by atoms with Crippen LogP contribution in [0.4, 0.5) is 0 Å². The summed E-state index contributed by atoms with van der Waals surface area (Å²) >= 11 is 15.2. The minimum absolute atomic E-state index is 0.317. The second-order valence-electron chi connectivity index (χ2n) is 7.18. The van der Waals surface area contributed by atoms with Crippen LogP contribution in [0.1, 0.15) is 31.3 Å². The minimum Gasteiger partial charge on any atom is -0.476 e. The zero-order chi connectivity index (χ0) is 22.6. The summed E-state index contributed by atoms with van der Waals surface area (Å²) in [5, 5.41) is 2.00. The van der Waals surface area contributed by atoms with Gasteiger partial charge in [-0.15, -0.1) is 11.8 Å². The predicted molar refractivity (Wildman–Crippen MR) is 127 cm³/mol. The summed E-state index contributed by atoms with van der Waals surface area (Å²) in [6.45, 7) is 7.44. The molecule has 9 heteroatoms. The zero-order valence-corrected chi connectivity index (χ0v) is 20.7. The monoisotopic (exact) mass is 496 g/mol. The first-order valence-corrected chi connectivity index (χ1v) is 12.1. The Hall–Kier alpha value is -1.80. The third-order valence-corrected chi connectivity index (χ3v) is 6.73. The van der Waals surface area contributed by atoms with E-state index in [0.29, 0.717) is 34.0 Å². The Kier molecular flexibility index (Phi) is 7.86. The smallest absolute Gasteiger partial charge is 0.349 e. The van der Waals surface area contributed by atoms with Gasteiger partial charge in [-0.05, 0) is 81.2 Å². The number of carbonyl (C=O) groups excluding carboxylic acids is 1. The van der Waals surface area contributed by atoms with Crippen molar-refractivity contribution in [3.05, 3.63) is 57.0 Å². The van der Waals surface area contributed by atoms with E-state index in [9.17, 15) is 4.79 Å². The normalized spacial score (nSPS) is 11.4. The zero-order valence-electron chi connectivity index (χ0n) is 17.6. The molecule has 0 unspecified atom stereocenters. The highest BCUT2D eigenvalue weighted by molar-refractivity contribution is 7.98. The highest BCUT2D eigenvalue weighted by atomic mass is 35.5. The van der Waals surface area contributed by atoms with Gasteiger partial charge >= 0.3 is 5.97 Å². The lowest BCUT2D eigenvalue weighted by atomic mass is 10.1. The number of aromatic nitrogens is 2. The average molecular weight is 497 g/mol. The molecule has 0 atom stereocenters. The molecule has 0 saturated heterocycles. The highest BCUT2D eigenvalue weighted by Gasteiger charge is 2.32. The van der Waals surface area contributed by atoms with Gasteiger partial charge in [-0.2, -0.15) is 4.37 Å². The van der Waals surface area contributed by atoms with Crippen molar-refractivity contribution in [2.24, 2.45) is 0 Å². The van der Waals surface area contributed by atoms with Crippen LogP contribution in [0.5, 0.6) is 5.75 Å². The predicted octanol–water partition coefficient (Wildman–Crippen LogP) is 6.83. The third kappa shape index (κ3) is 6.13. The van der Waals surface area contributed by atoms with Gasteiger partial charge in [0.2, 0.25) is 0 Å². The molecule has 0 N–H and O–H groups in total. The van der Waals surface area contributed by atoms with Gasteiger partial charge in [0.15, 0.2) is 11.4 Å². The van der Waals surface area contributed by atoms with E-state index in [2.05, 4.69) is 9.36 Å². The molecule has 0 spiro atoms. The Labute approximate surface area is 200 Å². The molecule has 0 aliphatic carbocycles. The number of carbonyl (C=O) groups is 1. The van der Waals surface area contributed by atoms with Crippen LogP contribution in [0.25, 0.3) is 11.4 Å². The van der Waals surface area contributed by atoms with Crippen LogP contribution in [0, 0.1) is 6.92 Å². The van der Waals surface area contributed by atoms with Gasteiger partial charge in [0.25, 0.3) is 0 Å². The van der Waals surface area contributed by atoms with Crippen molar-refractivity contribution in [2.45, 2.75) is 43.9 Å². The Bertz CT molecular complexity index is 1090. The van der Waals surface area contributed by atoms with E-state index in [4.69, 9.17) is 32.7 Å². The summed E-state index contributed by atoms with van der Waals surface area (Å²) in [4.78, 5) is 17.7. The molecule has 31 heavy (non-hydrogen) atoms. The average Bonchev–Trinajstić information content (AvgIpc) is 3.17. The number of ether oxygens (including phenoxy) is 2. The standard InChI is InChI=1S/C22H22Cl2N2O3S2/c1-5-28-21(27)22(3,4)29-18-9-7-15(10-13(18)2)30-12-19-25-20(26-31-19)16-8-6-14(23)11-17(16)24/h6-11H,5,12H2,1-4H3. The molecule has 5 nitrogen and oxygen atoms in total. The molecule has 0 saturated carbocycles. The fourth-order valence-corrected chi connectivity index (χ4v) is 4.80. The molecule has 0 radical (unpaired) electrons. The first-order valence-electron chi connectivity index (χ1n) is 9.57. The molecule has 0 aliphatic rings. The first kappa shape index (κ1) is 23.9. The lowest BCUT2D eigenvalue weighted by molar-refractivity contribution is -0.158. The van der Waals surface area contributed by atoms with Crippen LogP contribution in [-0.2, 0) is 15.3 Å². The van der Waals surface area contributed by atoms with Crippen molar-refractivity contribution in [3.63, 3.8) is 0 Å². The second kappa shape index (κ2) is 10.2. The fourth-order valence-electron chi connectivity index (χ4n) is 2.69. The van der Waals surface area contributed by atoms with E-state index in [-0.39, 0.29) is 5.97 Å². The molecule has 1 heterocycles. The molecule has 0 fully saturated rings. The second-order valence-corrected chi connectivity index (χ2v) is 9.91. The lowest BCUT2D eigenvalue weighted by Crippen LogP contribution is -2.39. The van der Waals surface area contributed by atoms with Crippen molar-refractivity contribution >= 4 is 52.5 Å². The van der Waals surface area contributed by atoms with Crippen molar-refractivity contribution in [1.82, 2.24) is 9.36 Å². The van der Waals surface area contributed by atoms with Crippen molar-refractivity contribution in [1.29, 1.82) is 0 Å². The molecule has 0 amide bonds. The summed E-state index contributed by atoms with van der Waals surface area (Å²) in [6.07, 6.45) is 0. The molecule has 0 aliphatic heterocycles. The van der Waals surface area contributed by atoms with Gasteiger partial charge in [0, 0.05) is 15.5 Å². The topological polar surface area (TPSA) is 61.3 Å². The van der Waals surface area contributed by atoms with E-state index < -0.39 is 5.60 Å². The van der Waals surface area contributed by atoms with Gasteiger partial charge < -0.3 is 9.47 Å². The summed E-state index contributed by atoms with van der Waals surface area (Å²) in [5.41, 5.74) is 0.648. The van der Waals surface area contributed by atoms with E-state index in [0.717, 1.165) is 21.0 Å². The maximum atomic E-state index is 12.1. The summed E-state index contributed by atoms with van der Waals surface area (Å²) < 4.78 is 15.4. The SMILES string of the molecule is CCOC(=O)C(C)(C)Oc1ccc(SCc2nc(-c3ccc(Cl)cc3Cl)ns2)cc1C. The van der Waals surface area contributed by atoms with Crippen molar-refractivity contribution < 1.29 is 14.3 Å². The Balaban J connectivity index is 1.65. The van der Waals surface area contributed by atoms with Crippen LogP contribution in [0.15, 0.2) is 41.3 Å². The van der Waals surface area contributed by atoms with Crippen LogP contribution in [0.3, 0.4) is 0 Å². The summed E-state index contributed by atoms with van der Waals surface area (Å²) in [5.74, 6) is 1.54. The molecule has 0 bridgehead atoms. The van der Waals surface area contributed by atoms with Gasteiger partial charge in [-0.25, -0.2) is 9.78 Å². The van der Waals surface area contributed by atoms with Gasteiger partial charge in [-0.3, -0.25) is 0 Å². The van der Waals surface area contributed by atoms with Gasteiger partial charge in [0.1, 0.15) is 10.8 Å². The number of nitrogens with zero attached hydrogens (tertiary/aromatic N) is 2. The number of esters is 1. The summed E-state index contributed by atoms with van der Waals surface area (Å²) in [7, 11) is 0. The van der Waals surface area contributed by atoms with E-state index >= 15 is 0 Å². The molecule has 3 rings (SSSR count). The molecular formula is C22H22Cl2N2O3S2. The molecule has 164 valence electrons. The maximum Gasteiger partial charge on any atom is 0.349 e. The largest absolute Gasteiger partial charge is 0.476 e. The number of rotatable bonds is 8. The number of halogens is 2. The quantitative estimate of drug-likeness (QED) is 0.251. The van der Waals surface area contributed by atoms with Crippen LogP contribution in [0.2, 0.25) is 10.0 Å². The number of thioether (sulfide) groups is 1. The van der Waals surface area contributed by atoms with E-state index in [1.807, 2.05) is 31.2 Å². The van der Waals surface area contributed by atoms with Crippen molar-refractivity contribution in [3.8, 4) is 17.1 Å². The van der Waals surface area contributed by atoms with Gasteiger partial charge in [0.05, 0.1) is 17.4 Å². The number of hydrogen-bond acceptors (Lipinski definition) is 7. The summed E-state index contributed by atoms with van der Waals surface area (Å²) in [6, 6.07) is 11.1. The van der Waals surface area contributed by atoms with E-state index in [1.165, 1.54) is 11.5 Å². The van der Waals surface area contributed by atoms with E-state index in [1.54, 1.807) is 44.7 Å². The van der Waals surface area contributed by atoms with Crippen molar-refractivity contribution in [2.75, 3.05) is 6.61 Å².